The molecule has 146 valence electrons. The monoisotopic (exact) mass is 434 g/mol. The molecule has 27 heavy (non-hydrogen) atoms. The fourth-order valence-corrected chi connectivity index (χ4v) is 2.39. The average molecular weight is 436 g/mol. The van der Waals surface area contributed by atoms with E-state index in [9.17, 15) is 4.79 Å². The maximum absolute atomic E-state index is 11.7. The Bertz CT molecular complexity index is 818. The number of rotatable bonds is 6. The van der Waals surface area contributed by atoms with E-state index in [0.717, 1.165) is 5.56 Å². The van der Waals surface area contributed by atoms with Crippen LogP contribution in [0.3, 0.4) is 0 Å². The molecule has 0 saturated carbocycles. The molecule has 1 heterocycles. The van der Waals surface area contributed by atoms with E-state index in [1.54, 1.807) is 12.1 Å². The second-order valence-electron chi connectivity index (χ2n) is 5.27. The van der Waals surface area contributed by atoms with Crippen LogP contribution in [0.4, 0.5) is 11.8 Å². The number of hydrogen-bond donors (Lipinski definition) is 2. The maximum atomic E-state index is 11.7. The van der Waals surface area contributed by atoms with E-state index in [1.807, 2.05) is 0 Å². The lowest BCUT2D eigenvalue weighted by molar-refractivity contribution is -0.115. The van der Waals surface area contributed by atoms with Gasteiger partial charge in [0.05, 0.1) is 21.3 Å². The number of nitrogens with zero attached hydrogens (tertiary/aromatic N) is 2. The molecule has 0 bridgehead atoms. The second kappa shape index (κ2) is 8.69. The van der Waals surface area contributed by atoms with Crippen molar-refractivity contribution in [2.24, 2.45) is 0 Å². The molecule has 3 N–H and O–H groups in total. The number of alkyl halides is 3. The summed E-state index contributed by atoms with van der Waals surface area (Å²) in [7, 11) is 4.58. The Morgan fingerprint density at radius 3 is 2.19 bits per heavy atom. The number of aromatic nitrogens is 2. The van der Waals surface area contributed by atoms with Gasteiger partial charge in [-0.3, -0.25) is 10.1 Å². The Hall–Kier alpha value is -2.16. The third kappa shape index (κ3) is 5.18. The van der Waals surface area contributed by atoms with E-state index in [2.05, 4.69) is 15.3 Å². The highest BCUT2D eigenvalue weighted by Gasteiger charge is 2.31. The van der Waals surface area contributed by atoms with E-state index in [1.165, 1.54) is 27.5 Å². The second-order valence-corrected chi connectivity index (χ2v) is 7.55. The normalized spacial score (nSPS) is 11.0. The fraction of sp³-hybridized carbons (Fsp3) is 0.312. The van der Waals surface area contributed by atoms with Gasteiger partial charge in [-0.15, -0.1) is 0 Å². The van der Waals surface area contributed by atoms with Gasteiger partial charge in [-0.05, 0) is 17.7 Å². The molecule has 0 fully saturated rings. The molecular weight excluding hydrogens is 419 g/mol. The van der Waals surface area contributed by atoms with Crippen LogP contribution in [0.25, 0.3) is 0 Å². The molecule has 1 aromatic heterocycles. The summed E-state index contributed by atoms with van der Waals surface area (Å²) in [5.74, 6) is 0.716. The smallest absolute Gasteiger partial charge is 0.278 e. The Kier molecular flexibility index (Phi) is 6.80. The number of ether oxygens (including phenoxy) is 3. The van der Waals surface area contributed by atoms with Crippen molar-refractivity contribution in [2.45, 2.75) is 10.2 Å². The van der Waals surface area contributed by atoms with Gasteiger partial charge >= 0.3 is 0 Å². The van der Waals surface area contributed by atoms with Crippen molar-refractivity contribution < 1.29 is 19.0 Å². The van der Waals surface area contributed by atoms with Crippen molar-refractivity contribution >= 4 is 52.5 Å². The molecule has 0 spiro atoms. The molecule has 0 saturated heterocycles. The van der Waals surface area contributed by atoms with Crippen LogP contribution < -0.4 is 25.3 Å². The van der Waals surface area contributed by atoms with Gasteiger partial charge in [0.25, 0.3) is 9.70 Å². The van der Waals surface area contributed by atoms with Crippen LogP contribution in [0, 0.1) is 0 Å². The van der Waals surface area contributed by atoms with Crippen molar-refractivity contribution in [3.05, 3.63) is 29.5 Å². The summed E-state index contributed by atoms with van der Waals surface area (Å²) in [6.07, 6.45) is 1.86. The van der Waals surface area contributed by atoms with Crippen molar-refractivity contribution in [3.63, 3.8) is 0 Å². The largest absolute Gasteiger partial charge is 0.493 e. The zero-order valence-corrected chi connectivity index (χ0v) is 16.9. The zero-order chi connectivity index (χ0) is 20.2. The Balaban J connectivity index is 2.27. The van der Waals surface area contributed by atoms with Gasteiger partial charge in [0.2, 0.25) is 11.7 Å². The SMILES string of the molecule is COc1cc(Cc2cnc(NC(=O)C(Cl)(Cl)Cl)nc2N)cc(OC)c1OC. The van der Waals surface area contributed by atoms with Crippen LogP contribution in [0.5, 0.6) is 17.2 Å². The minimum Gasteiger partial charge on any atom is -0.493 e. The van der Waals surface area contributed by atoms with Crippen molar-refractivity contribution in [2.75, 3.05) is 32.4 Å². The standard InChI is InChI=1S/C16H17Cl3N4O4/c1-25-10-5-8(6-11(26-2)12(10)27-3)4-9-7-21-15(22-13(9)20)23-14(24)16(17,18)19/h5-7H,4H2,1-3H3,(H3,20,21,22,23,24). The van der Waals surface area contributed by atoms with Crippen LogP contribution in [0.1, 0.15) is 11.1 Å². The molecule has 11 heteroatoms. The number of amides is 1. The predicted octanol–water partition coefficient (Wildman–Crippen LogP) is 2.98. The molecule has 0 aliphatic carbocycles. The molecule has 1 aromatic carbocycles. The lowest BCUT2D eigenvalue weighted by Crippen LogP contribution is -2.28. The van der Waals surface area contributed by atoms with Gasteiger partial charge in [-0.25, -0.2) is 4.98 Å². The number of nitrogens with one attached hydrogen (secondary N) is 1. The van der Waals surface area contributed by atoms with E-state index in [0.29, 0.717) is 29.2 Å². The predicted molar refractivity (Wildman–Crippen MR) is 104 cm³/mol. The highest BCUT2D eigenvalue weighted by atomic mass is 35.6. The third-order valence-electron chi connectivity index (χ3n) is 3.50. The minimum atomic E-state index is -2.13. The first-order chi connectivity index (χ1) is 12.7. The van der Waals surface area contributed by atoms with Gasteiger partial charge in [0.1, 0.15) is 5.82 Å². The molecular formula is C16H17Cl3N4O4. The van der Waals surface area contributed by atoms with E-state index < -0.39 is 9.70 Å². The molecule has 8 nitrogen and oxygen atoms in total. The van der Waals surface area contributed by atoms with Crippen LogP contribution in [0.15, 0.2) is 18.3 Å². The maximum Gasteiger partial charge on any atom is 0.278 e. The van der Waals surface area contributed by atoms with Gasteiger partial charge in [-0.1, -0.05) is 34.8 Å². The molecule has 0 radical (unpaired) electrons. The summed E-state index contributed by atoms with van der Waals surface area (Å²) in [4.78, 5) is 19.7. The molecule has 0 unspecified atom stereocenters. The van der Waals surface area contributed by atoms with Crippen LogP contribution in [-0.2, 0) is 11.2 Å². The molecule has 1 amide bonds. The number of carbonyl (C=O) groups is 1. The number of nitrogens with two attached hydrogens (primary N) is 1. The Morgan fingerprint density at radius 1 is 1.15 bits per heavy atom. The quantitative estimate of drug-likeness (QED) is 0.671. The molecule has 0 aliphatic rings. The number of methoxy groups -OCH3 is 3. The first kappa shape index (κ1) is 21.1. The topological polar surface area (TPSA) is 109 Å². The number of carbonyl (C=O) groups excluding carboxylic acids is 1. The van der Waals surface area contributed by atoms with E-state index in [-0.39, 0.29) is 11.8 Å². The summed E-state index contributed by atoms with van der Waals surface area (Å²) < 4.78 is 13.8. The highest BCUT2D eigenvalue weighted by Crippen LogP contribution is 2.38. The summed E-state index contributed by atoms with van der Waals surface area (Å²) in [5.41, 5.74) is 7.42. The lowest BCUT2D eigenvalue weighted by Gasteiger charge is -2.15. The number of hydrogen-bond acceptors (Lipinski definition) is 7. The van der Waals surface area contributed by atoms with Gasteiger partial charge in [0, 0.05) is 18.2 Å². The van der Waals surface area contributed by atoms with Gasteiger partial charge < -0.3 is 19.9 Å². The van der Waals surface area contributed by atoms with E-state index >= 15 is 0 Å². The van der Waals surface area contributed by atoms with Gasteiger partial charge in [-0.2, -0.15) is 4.98 Å². The first-order valence-corrected chi connectivity index (χ1v) is 8.61. The van der Waals surface area contributed by atoms with E-state index in [4.69, 9.17) is 54.7 Å². The average Bonchev–Trinajstić information content (AvgIpc) is 2.62. The fourth-order valence-electron chi connectivity index (χ4n) is 2.25. The molecule has 0 aliphatic heterocycles. The summed E-state index contributed by atoms with van der Waals surface area (Å²) in [6.45, 7) is 0. The minimum absolute atomic E-state index is 0.0718. The zero-order valence-electron chi connectivity index (χ0n) is 14.7. The summed E-state index contributed by atoms with van der Waals surface area (Å²) in [5, 5.41) is 2.27. The first-order valence-electron chi connectivity index (χ1n) is 7.48. The van der Waals surface area contributed by atoms with Crippen LogP contribution >= 0.6 is 34.8 Å². The van der Waals surface area contributed by atoms with Crippen LogP contribution in [-0.4, -0.2) is 41.0 Å². The van der Waals surface area contributed by atoms with Gasteiger partial charge in [0.15, 0.2) is 11.5 Å². The van der Waals surface area contributed by atoms with Crippen molar-refractivity contribution in [1.82, 2.24) is 9.97 Å². The Morgan fingerprint density at radius 2 is 1.74 bits per heavy atom. The molecule has 0 atom stereocenters. The van der Waals surface area contributed by atoms with Crippen LogP contribution in [0.2, 0.25) is 0 Å². The summed E-state index contributed by atoms with van der Waals surface area (Å²) >= 11 is 16.5. The lowest BCUT2D eigenvalue weighted by atomic mass is 10.1. The number of halogens is 3. The van der Waals surface area contributed by atoms with Crippen molar-refractivity contribution in [1.29, 1.82) is 0 Å². The number of benzene rings is 1. The third-order valence-corrected chi connectivity index (χ3v) is 4.01. The Labute approximate surface area is 170 Å². The summed E-state index contributed by atoms with van der Waals surface area (Å²) in [6, 6.07) is 3.58. The van der Waals surface area contributed by atoms with Crippen molar-refractivity contribution in [3.8, 4) is 17.2 Å². The molecule has 2 rings (SSSR count). The molecule has 2 aromatic rings. The number of nitrogen functional groups attached to an aromatic ring is 1. The number of anilines is 2. The highest BCUT2D eigenvalue weighted by molar-refractivity contribution is 6.76.